The normalized spacial score (nSPS) is 11.6. The maximum atomic E-state index is 13.1. The Labute approximate surface area is 150 Å². The lowest BCUT2D eigenvalue weighted by Gasteiger charge is -1.96. The van der Waals surface area contributed by atoms with Gasteiger partial charge in [0, 0.05) is 33.2 Å². The molecule has 5 rings (SSSR count). The molecule has 1 N–H and O–H groups in total. The molecular weight excluding hydrogens is 359 g/mol. The Morgan fingerprint density at radius 1 is 1.12 bits per heavy atom. The summed E-state index contributed by atoms with van der Waals surface area (Å²) in [4.78, 5) is 8.62. The van der Waals surface area contributed by atoms with E-state index in [9.17, 15) is 4.39 Å². The van der Waals surface area contributed by atoms with Crippen LogP contribution >= 0.6 is 22.9 Å². The predicted molar refractivity (Wildman–Crippen MR) is 98.6 cm³/mol. The number of aromatic nitrogens is 4. The Kier molecular flexibility index (Phi) is 3.16. The third kappa shape index (κ3) is 2.42. The zero-order chi connectivity index (χ0) is 17.0. The SMILES string of the molecule is Fc1ccc(-c2cn3nc(-c4c[nH]c5ccc(Cl)cc45)sc3n2)cc1. The minimum atomic E-state index is -0.261. The number of hydrogen-bond donors (Lipinski definition) is 1. The van der Waals surface area contributed by atoms with Gasteiger partial charge in [0.05, 0.1) is 11.9 Å². The van der Waals surface area contributed by atoms with Crippen LogP contribution < -0.4 is 0 Å². The standard InChI is InChI=1S/C18H10ClFN4S/c19-11-3-6-15-13(7-11)14(8-21-15)17-23-24-9-16(22-18(24)25-17)10-1-4-12(20)5-2-10/h1-9,21H. The van der Waals surface area contributed by atoms with Gasteiger partial charge in [-0.05, 0) is 42.5 Å². The summed E-state index contributed by atoms with van der Waals surface area (Å²) in [5.74, 6) is -0.261. The van der Waals surface area contributed by atoms with Crippen molar-refractivity contribution in [2.75, 3.05) is 0 Å². The summed E-state index contributed by atoms with van der Waals surface area (Å²) in [6.45, 7) is 0. The number of H-pyrrole nitrogens is 1. The molecule has 0 spiro atoms. The van der Waals surface area contributed by atoms with Gasteiger partial charge in [-0.3, -0.25) is 0 Å². The fourth-order valence-corrected chi connectivity index (χ4v) is 3.92. The van der Waals surface area contributed by atoms with Gasteiger partial charge in [0.1, 0.15) is 10.8 Å². The number of nitrogens with one attached hydrogen (secondary N) is 1. The molecule has 0 amide bonds. The van der Waals surface area contributed by atoms with Gasteiger partial charge in [0.25, 0.3) is 0 Å². The lowest BCUT2D eigenvalue weighted by molar-refractivity contribution is 0.628. The van der Waals surface area contributed by atoms with Gasteiger partial charge in [0.15, 0.2) is 0 Å². The number of imidazole rings is 1. The van der Waals surface area contributed by atoms with Crippen LogP contribution in [0.3, 0.4) is 0 Å². The van der Waals surface area contributed by atoms with Crippen LogP contribution in [0.5, 0.6) is 0 Å². The maximum absolute atomic E-state index is 13.1. The summed E-state index contributed by atoms with van der Waals surface area (Å²) in [5, 5.41) is 7.22. The highest BCUT2D eigenvalue weighted by molar-refractivity contribution is 7.20. The number of hydrogen-bond acceptors (Lipinski definition) is 3. The Bertz CT molecular complexity index is 1190. The molecule has 0 aliphatic carbocycles. The molecule has 0 saturated carbocycles. The molecule has 5 aromatic rings. The number of aromatic amines is 1. The third-order valence-electron chi connectivity index (χ3n) is 4.06. The first-order valence-electron chi connectivity index (χ1n) is 7.56. The van der Waals surface area contributed by atoms with Gasteiger partial charge in [-0.1, -0.05) is 22.9 Å². The average Bonchev–Trinajstić information content (AvgIpc) is 3.27. The van der Waals surface area contributed by atoms with E-state index in [2.05, 4.69) is 15.1 Å². The minimum absolute atomic E-state index is 0.261. The van der Waals surface area contributed by atoms with Crippen molar-refractivity contribution in [3.63, 3.8) is 0 Å². The van der Waals surface area contributed by atoms with Crippen LogP contribution in [0.25, 0.3) is 37.7 Å². The lowest BCUT2D eigenvalue weighted by atomic mass is 10.2. The zero-order valence-corrected chi connectivity index (χ0v) is 14.3. The van der Waals surface area contributed by atoms with Crippen LogP contribution in [0.15, 0.2) is 54.9 Å². The van der Waals surface area contributed by atoms with Crippen LogP contribution in [-0.4, -0.2) is 19.6 Å². The van der Waals surface area contributed by atoms with E-state index in [-0.39, 0.29) is 5.82 Å². The van der Waals surface area contributed by atoms with E-state index < -0.39 is 0 Å². The molecule has 7 heteroatoms. The van der Waals surface area contributed by atoms with Gasteiger partial charge >= 0.3 is 0 Å². The largest absolute Gasteiger partial charge is 0.360 e. The maximum Gasteiger partial charge on any atom is 0.213 e. The smallest absolute Gasteiger partial charge is 0.213 e. The summed E-state index contributed by atoms with van der Waals surface area (Å²) in [6, 6.07) is 12.0. The number of halogens is 2. The van der Waals surface area contributed by atoms with Crippen molar-refractivity contribution >= 4 is 38.8 Å². The van der Waals surface area contributed by atoms with Gasteiger partial charge < -0.3 is 4.98 Å². The second kappa shape index (κ2) is 5.40. The molecular formula is C18H10ClFN4S. The van der Waals surface area contributed by atoms with E-state index in [0.717, 1.165) is 37.7 Å². The molecule has 3 heterocycles. The molecule has 0 bridgehead atoms. The predicted octanol–water partition coefficient (Wildman–Crippen LogP) is 5.40. The Balaban J connectivity index is 1.60. The van der Waals surface area contributed by atoms with Gasteiger partial charge in [-0.25, -0.2) is 13.9 Å². The Morgan fingerprint density at radius 3 is 2.76 bits per heavy atom. The summed E-state index contributed by atoms with van der Waals surface area (Å²) in [5.41, 5.74) is 3.64. The molecule has 0 atom stereocenters. The van der Waals surface area contributed by atoms with E-state index >= 15 is 0 Å². The highest BCUT2D eigenvalue weighted by atomic mass is 35.5. The number of rotatable bonds is 2. The van der Waals surface area contributed by atoms with E-state index in [1.165, 1.54) is 23.5 Å². The molecule has 0 radical (unpaired) electrons. The monoisotopic (exact) mass is 368 g/mol. The molecule has 0 aliphatic heterocycles. The molecule has 25 heavy (non-hydrogen) atoms. The van der Waals surface area contributed by atoms with Gasteiger partial charge in [-0.15, -0.1) is 0 Å². The molecule has 122 valence electrons. The summed E-state index contributed by atoms with van der Waals surface area (Å²) >= 11 is 7.62. The lowest BCUT2D eigenvalue weighted by Crippen LogP contribution is -1.82. The number of benzene rings is 2. The molecule has 0 unspecified atom stereocenters. The van der Waals surface area contributed by atoms with Crippen molar-refractivity contribution < 1.29 is 4.39 Å². The van der Waals surface area contributed by atoms with Crippen LogP contribution in [0, 0.1) is 5.82 Å². The summed E-state index contributed by atoms with van der Waals surface area (Å²) in [6.07, 6.45) is 3.78. The molecule has 0 fully saturated rings. The second-order valence-electron chi connectivity index (χ2n) is 5.66. The van der Waals surface area contributed by atoms with Crippen LogP contribution in [0.2, 0.25) is 5.02 Å². The second-order valence-corrected chi connectivity index (χ2v) is 7.05. The van der Waals surface area contributed by atoms with E-state index in [1.807, 2.05) is 30.6 Å². The number of fused-ring (bicyclic) bond motifs is 2. The quantitative estimate of drug-likeness (QED) is 0.453. The van der Waals surface area contributed by atoms with Crippen molar-refractivity contribution in [1.82, 2.24) is 19.6 Å². The molecule has 0 aliphatic rings. The highest BCUT2D eigenvalue weighted by Crippen LogP contribution is 2.34. The summed E-state index contributed by atoms with van der Waals surface area (Å²) in [7, 11) is 0. The van der Waals surface area contributed by atoms with Crippen LogP contribution in [0.1, 0.15) is 0 Å². The minimum Gasteiger partial charge on any atom is -0.360 e. The summed E-state index contributed by atoms with van der Waals surface area (Å²) < 4.78 is 14.8. The van der Waals surface area contributed by atoms with Crippen LogP contribution in [-0.2, 0) is 0 Å². The van der Waals surface area contributed by atoms with Gasteiger partial charge in [0.2, 0.25) is 4.96 Å². The van der Waals surface area contributed by atoms with Crippen LogP contribution in [0.4, 0.5) is 4.39 Å². The van der Waals surface area contributed by atoms with Crippen molar-refractivity contribution in [1.29, 1.82) is 0 Å². The number of nitrogens with zero attached hydrogens (tertiary/aromatic N) is 3. The average molecular weight is 369 g/mol. The van der Waals surface area contributed by atoms with Gasteiger partial charge in [-0.2, -0.15) is 5.10 Å². The fourth-order valence-electron chi connectivity index (χ4n) is 2.84. The molecule has 2 aromatic carbocycles. The Hall–Kier alpha value is -2.70. The first kappa shape index (κ1) is 14.6. The molecule has 0 saturated heterocycles. The third-order valence-corrected chi connectivity index (χ3v) is 5.25. The molecule has 3 aromatic heterocycles. The van der Waals surface area contributed by atoms with E-state index in [4.69, 9.17) is 11.6 Å². The van der Waals surface area contributed by atoms with E-state index in [0.29, 0.717) is 5.02 Å². The first-order valence-corrected chi connectivity index (χ1v) is 8.76. The van der Waals surface area contributed by atoms with E-state index in [1.54, 1.807) is 16.6 Å². The Morgan fingerprint density at radius 2 is 1.96 bits per heavy atom. The molecule has 4 nitrogen and oxygen atoms in total. The van der Waals surface area contributed by atoms with Crippen molar-refractivity contribution in [3.8, 4) is 21.8 Å². The van der Waals surface area contributed by atoms with Crippen molar-refractivity contribution in [2.45, 2.75) is 0 Å². The zero-order valence-electron chi connectivity index (χ0n) is 12.7. The first-order chi connectivity index (χ1) is 12.2. The highest BCUT2D eigenvalue weighted by Gasteiger charge is 2.14. The fraction of sp³-hybridized carbons (Fsp3) is 0. The topological polar surface area (TPSA) is 46.0 Å². The van der Waals surface area contributed by atoms with Crippen molar-refractivity contribution in [3.05, 3.63) is 65.7 Å². The van der Waals surface area contributed by atoms with Crippen molar-refractivity contribution in [2.24, 2.45) is 0 Å².